The van der Waals surface area contributed by atoms with Crippen molar-refractivity contribution in [1.82, 2.24) is 9.78 Å². The lowest BCUT2D eigenvalue weighted by Crippen LogP contribution is -1.99. The van der Waals surface area contributed by atoms with Crippen molar-refractivity contribution >= 4 is 15.9 Å². The van der Waals surface area contributed by atoms with Crippen molar-refractivity contribution in [2.45, 2.75) is 25.9 Å². The fraction of sp³-hybridized carbons (Fsp3) is 0.500. The van der Waals surface area contributed by atoms with Crippen LogP contribution < -0.4 is 0 Å². The molecule has 3 nitrogen and oxygen atoms in total. The number of aryl methyl sites for hydroxylation is 1. The molecule has 0 amide bonds. The quantitative estimate of drug-likeness (QED) is 0.843. The minimum atomic E-state index is -0.562. The van der Waals surface area contributed by atoms with Gasteiger partial charge in [0.05, 0.1) is 10.2 Å². The van der Waals surface area contributed by atoms with Crippen molar-refractivity contribution < 1.29 is 5.11 Å². The summed E-state index contributed by atoms with van der Waals surface area (Å²) in [6.07, 6.45) is 2.55. The number of aliphatic hydroxyl groups is 1. The second kappa shape index (κ2) is 4.75. The maximum atomic E-state index is 9.76. The molecule has 1 aromatic rings. The molecule has 0 aromatic carbocycles. The highest BCUT2D eigenvalue weighted by Gasteiger charge is 2.17. The van der Waals surface area contributed by atoms with E-state index in [0.29, 0.717) is 12.1 Å². The van der Waals surface area contributed by atoms with Crippen LogP contribution in [0.1, 0.15) is 30.8 Å². The topological polar surface area (TPSA) is 38.1 Å². The summed E-state index contributed by atoms with van der Waals surface area (Å²) in [5, 5.41) is 14.0. The number of aromatic nitrogens is 2. The number of halogens is 1. The van der Waals surface area contributed by atoms with Gasteiger partial charge in [0.25, 0.3) is 0 Å². The summed E-state index contributed by atoms with van der Waals surface area (Å²) in [5.41, 5.74) is 1.80. The number of rotatable bonds is 4. The summed E-state index contributed by atoms with van der Waals surface area (Å²) in [4.78, 5) is 0. The Bertz CT molecular complexity index is 333. The summed E-state index contributed by atoms with van der Waals surface area (Å²) in [5.74, 6) is 0. The van der Waals surface area contributed by atoms with Crippen molar-refractivity contribution in [3.63, 3.8) is 0 Å². The Morgan fingerprint density at radius 2 is 2.36 bits per heavy atom. The van der Waals surface area contributed by atoms with Gasteiger partial charge in [-0.25, -0.2) is 0 Å². The van der Waals surface area contributed by atoms with Crippen LogP contribution in [-0.4, -0.2) is 14.9 Å². The monoisotopic (exact) mass is 258 g/mol. The van der Waals surface area contributed by atoms with E-state index < -0.39 is 6.10 Å². The van der Waals surface area contributed by atoms with Gasteiger partial charge in [0.1, 0.15) is 11.8 Å². The second-order valence-corrected chi connectivity index (χ2v) is 3.96. The Kier molecular flexibility index (Phi) is 3.89. The first-order valence-corrected chi connectivity index (χ1v) is 5.41. The first-order valence-electron chi connectivity index (χ1n) is 4.62. The van der Waals surface area contributed by atoms with Gasteiger partial charge in [0, 0.05) is 7.05 Å². The van der Waals surface area contributed by atoms with Gasteiger partial charge in [-0.1, -0.05) is 13.0 Å². The third-order valence-corrected chi connectivity index (χ3v) is 3.03. The van der Waals surface area contributed by atoms with Crippen molar-refractivity contribution in [3.05, 3.63) is 28.5 Å². The van der Waals surface area contributed by atoms with Gasteiger partial charge < -0.3 is 5.11 Å². The van der Waals surface area contributed by atoms with Gasteiger partial charge in [-0.05, 0) is 28.8 Å². The Balaban J connectivity index is 3.03. The Morgan fingerprint density at radius 1 is 1.71 bits per heavy atom. The van der Waals surface area contributed by atoms with Crippen LogP contribution >= 0.6 is 15.9 Å². The molecule has 0 aliphatic rings. The van der Waals surface area contributed by atoms with E-state index in [1.54, 1.807) is 10.8 Å². The minimum Gasteiger partial charge on any atom is -0.386 e. The van der Waals surface area contributed by atoms with E-state index >= 15 is 0 Å². The number of hydrogen-bond donors (Lipinski definition) is 1. The molecule has 14 heavy (non-hydrogen) atoms. The first-order chi connectivity index (χ1) is 6.61. The van der Waals surface area contributed by atoms with E-state index in [0.717, 1.165) is 16.6 Å². The van der Waals surface area contributed by atoms with Crippen LogP contribution in [0.4, 0.5) is 0 Å². The largest absolute Gasteiger partial charge is 0.386 e. The SMILES string of the molecule is C=CCC(O)c1nn(C)c(CC)c1Br. The fourth-order valence-corrected chi connectivity index (χ4v) is 2.30. The molecule has 1 aromatic heterocycles. The predicted octanol–water partition coefficient (Wildman–Crippen LogP) is 2.35. The van der Waals surface area contributed by atoms with E-state index in [1.165, 1.54) is 0 Å². The van der Waals surface area contributed by atoms with Crippen molar-refractivity contribution in [2.75, 3.05) is 0 Å². The average Bonchev–Trinajstić information content (AvgIpc) is 2.42. The molecule has 1 atom stereocenters. The Morgan fingerprint density at radius 3 is 2.79 bits per heavy atom. The van der Waals surface area contributed by atoms with Gasteiger partial charge in [0.15, 0.2) is 0 Å². The fourth-order valence-electron chi connectivity index (χ4n) is 1.42. The zero-order valence-electron chi connectivity index (χ0n) is 8.50. The molecule has 0 radical (unpaired) electrons. The Hall–Kier alpha value is -0.610. The zero-order valence-corrected chi connectivity index (χ0v) is 10.1. The molecule has 1 rings (SSSR count). The highest BCUT2D eigenvalue weighted by molar-refractivity contribution is 9.10. The minimum absolute atomic E-state index is 0.527. The summed E-state index contributed by atoms with van der Waals surface area (Å²) < 4.78 is 2.71. The van der Waals surface area contributed by atoms with E-state index in [9.17, 15) is 5.11 Å². The molecule has 0 saturated carbocycles. The van der Waals surface area contributed by atoms with Crippen molar-refractivity contribution in [2.24, 2.45) is 7.05 Å². The molecule has 0 fully saturated rings. The number of nitrogens with zero attached hydrogens (tertiary/aromatic N) is 2. The zero-order chi connectivity index (χ0) is 10.7. The molecular weight excluding hydrogens is 244 g/mol. The maximum Gasteiger partial charge on any atom is 0.106 e. The smallest absolute Gasteiger partial charge is 0.106 e. The molecule has 1 unspecified atom stereocenters. The predicted molar refractivity (Wildman–Crippen MR) is 60.1 cm³/mol. The average molecular weight is 259 g/mol. The molecular formula is C10H15BrN2O. The molecule has 0 bridgehead atoms. The molecule has 0 aliphatic carbocycles. The lowest BCUT2D eigenvalue weighted by molar-refractivity contribution is 0.175. The summed E-state index contributed by atoms with van der Waals surface area (Å²) in [6, 6.07) is 0. The van der Waals surface area contributed by atoms with Gasteiger partial charge in [-0.15, -0.1) is 6.58 Å². The van der Waals surface area contributed by atoms with E-state index in [1.807, 2.05) is 7.05 Å². The molecule has 1 heterocycles. The third kappa shape index (κ3) is 2.07. The van der Waals surface area contributed by atoms with Gasteiger partial charge >= 0.3 is 0 Å². The highest BCUT2D eigenvalue weighted by Crippen LogP contribution is 2.28. The molecule has 0 saturated heterocycles. The standard InChI is InChI=1S/C10H15BrN2O/c1-4-6-8(14)10-9(11)7(5-2)13(3)12-10/h4,8,14H,1,5-6H2,2-3H3. The summed E-state index contributed by atoms with van der Waals surface area (Å²) >= 11 is 3.46. The van der Waals surface area contributed by atoms with Crippen LogP contribution in [0, 0.1) is 0 Å². The Labute approximate surface area is 92.6 Å². The van der Waals surface area contributed by atoms with Crippen LogP contribution in [0.2, 0.25) is 0 Å². The molecule has 78 valence electrons. The highest BCUT2D eigenvalue weighted by atomic mass is 79.9. The molecule has 0 spiro atoms. The molecule has 4 heteroatoms. The summed E-state index contributed by atoms with van der Waals surface area (Å²) in [7, 11) is 1.88. The third-order valence-electron chi connectivity index (χ3n) is 2.17. The van der Waals surface area contributed by atoms with E-state index in [4.69, 9.17) is 0 Å². The van der Waals surface area contributed by atoms with Gasteiger partial charge in [-0.3, -0.25) is 4.68 Å². The van der Waals surface area contributed by atoms with Crippen LogP contribution in [0.25, 0.3) is 0 Å². The first kappa shape index (κ1) is 11.5. The molecule has 0 aliphatic heterocycles. The number of aliphatic hydroxyl groups excluding tert-OH is 1. The summed E-state index contributed by atoms with van der Waals surface area (Å²) in [6.45, 7) is 5.66. The maximum absolute atomic E-state index is 9.76. The van der Waals surface area contributed by atoms with E-state index in [-0.39, 0.29) is 0 Å². The van der Waals surface area contributed by atoms with E-state index in [2.05, 4.69) is 34.5 Å². The van der Waals surface area contributed by atoms with Crippen LogP contribution in [0.5, 0.6) is 0 Å². The van der Waals surface area contributed by atoms with Crippen molar-refractivity contribution in [1.29, 1.82) is 0 Å². The van der Waals surface area contributed by atoms with Gasteiger partial charge in [-0.2, -0.15) is 5.10 Å². The van der Waals surface area contributed by atoms with Crippen LogP contribution in [0.15, 0.2) is 17.1 Å². The molecule has 1 N–H and O–H groups in total. The van der Waals surface area contributed by atoms with Crippen LogP contribution in [-0.2, 0) is 13.5 Å². The van der Waals surface area contributed by atoms with Crippen molar-refractivity contribution in [3.8, 4) is 0 Å². The lowest BCUT2D eigenvalue weighted by atomic mass is 10.1. The second-order valence-electron chi connectivity index (χ2n) is 3.16. The normalized spacial score (nSPS) is 12.9. The van der Waals surface area contributed by atoms with Crippen LogP contribution in [0.3, 0.4) is 0 Å². The lowest BCUT2D eigenvalue weighted by Gasteiger charge is -2.03. The number of hydrogen-bond acceptors (Lipinski definition) is 2. The van der Waals surface area contributed by atoms with Gasteiger partial charge in [0.2, 0.25) is 0 Å².